The average molecular weight is 276 g/mol. The van der Waals surface area contributed by atoms with E-state index in [1.807, 2.05) is 0 Å². The molecule has 2 aromatic rings. The first kappa shape index (κ1) is 14.2. The quantitative estimate of drug-likeness (QED) is 0.556. The summed E-state index contributed by atoms with van der Waals surface area (Å²) >= 11 is 0. The zero-order chi connectivity index (χ0) is 14.6. The van der Waals surface area contributed by atoms with Crippen molar-refractivity contribution in [2.24, 2.45) is 11.3 Å². The number of hydrazine groups is 1. The van der Waals surface area contributed by atoms with E-state index in [9.17, 15) is 0 Å². The lowest BCUT2D eigenvalue weighted by Crippen LogP contribution is -2.18. The van der Waals surface area contributed by atoms with Gasteiger partial charge in [0.15, 0.2) is 0 Å². The summed E-state index contributed by atoms with van der Waals surface area (Å²) in [6.45, 7) is 7.33. The van der Waals surface area contributed by atoms with E-state index in [1.165, 1.54) is 0 Å². The SMILES string of the molecule is CC(C)(C)CCNc1nc(NN)nc(-n2cccn2)n1. The van der Waals surface area contributed by atoms with Crippen molar-refractivity contribution in [1.29, 1.82) is 0 Å². The van der Waals surface area contributed by atoms with Crippen LogP contribution in [0.5, 0.6) is 0 Å². The zero-order valence-electron chi connectivity index (χ0n) is 12.0. The lowest BCUT2D eigenvalue weighted by Gasteiger charge is -2.18. The predicted octanol–water partition coefficient (Wildman–Crippen LogP) is 1.19. The molecular formula is C12H20N8. The molecule has 2 aromatic heterocycles. The molecule has 2 heterocycles. The molecule has 0 saturated heterocycles. The molecule has 0 atom stereocenters. The molecule has 2 rings (SSSR count). The van der Waals surface area contributed by atoms with Gasteiger partial charge in [0.05, 0.1) is 0 Å². The molecule has 0 fully saturated rings. The van der Waals surface area contributed by atoms with Crippen LogP contribution >= 0.6 is 0 Å². The second-order valence-corrected chi connectivity index (χ2v) is 5.62. The summed E-state index contributed by atoms with van der Waals surface area (Å²) in [4.78, 5) is 12.6. The molecule has 8 nitrogen and oxygen atoms in total. The molecule has 0 bridgehead atoms. The number of aromatic nitrogens is 5. The number of nitrogens with zero attached hydrogens (tertiary/aromatic N) is 5. The van der Waals surface area contributed by atoms with Gasteiger partial charge in [-0.25, -0.2) is 10.5 Å². The van der Waals surface area contributed by atoms with Gasteiger partial charge < -0.3 is 5.32 Å². The predicted molar refractivity (Wildman–Crippen MR) is 77.3 cm³/mol. The van der Waals surface area contributed by atoms with Gasteiger partial charge in [0, 0.05) is 18.9 Å². The highest BCUT2D eigenvalue weighted by molar-refractivity contribution is 5.36. The standard InChI is InChI=1S/C12H20N8/c1-12(2,3)5-7-14-9-16-10(19-13)18-11(17-9)20-8-4-6-15-20/h4,6,8H,5,7,13H2,1-3H3,(H2,14,16,17,18,19). The van der Waals surface area contributed by atoms with E-state index in [-0.39, 0.29) is 5.41 Å². The highest BCUT2D eigenvalue weighted by atomic mass is 15.4. The fraction of sp³-hybridized carbons (Fsp3) is 0.500. The monoisotopic (exact) mass is 276 g/mol. The number of hydrogen-bond acceptors (Lipinski definition) is 7. The topological polar surface area (TPSA) is 107 Å². The van der Waals surface area contributed by atoms with Gasteiger partial charge >= 0.3 is 0 Å². The molecule has 0 aliphatic carbocycles. The van der Waals surface area contributed by atoms with E-state index in [0.717, 1.165) is 13.0 Å². The second kappa shape index (κ2) is 5.83. The fourth-order valence-corrected chi connectivity index (χ4v) is 1.55. The molecule has 20 heavy (non-hydrogen) atoms. The average Bonchev–Trinajstić information content (AvgIpc) is 2.90. The summed E-state index contributed by atoms with van der Waals surface area (Å²) in [5.41, 5.74) is 2.68. The van der Waals surface area contributed by atoms with E-state index < -0.39 is 0 Å². The zero-order valence-corrected chi connectivity index (χ0v) is 12.0. The van der Waals surface area contributed by atoms with Gasteiger partial charge in [-0.2, -0.15) is 20.1 Å². The van der Waals surface area contributed by atoms with Gasteiger partial charge in [-0.1, -0.05) is 20.8 Å². The van der Waals surface area contributed by atoms with E-state index in [2.05, 4.69) is 51.6 Å². The summed E-state index contributed by atoms with van der Waals surface area (Å²) in [5, 5.41) is 7.27. The molecule has 108 valence electrons. The maximum atomic E-state index is 5.38. The van der Waals surface area contributed by atoms with Crippen LogP contribution in [0.3, 0.4) is 0 Å². The number of anilines is 2. The Kier molecular flexibility index (Phi) is 4.14. The van der Waals surface area contributed by atoms with Crippen LogP contribution < -0.4 is 16.6 Å². The Morgan fingerprint density at radius 1 is 1.20 bits per heavy atom. The third kappa shape index (κ3) is 3.89. The van der Waals surface area contributed by atoms with Crippen LogP contribution in [0.4, 0.5) is 11.9 Å². The molecule has 0 spiro atoms. The third-order valence-electron chi connectivity index (χ3n) is 2.62. The summed E-state index contributed by atoms with van der Waals surface area (Å²) < 4.78 is 1.55. The lowest BCUT2D eigenvalue weighted by molar-refractivity contribution is 0.389. The van der Waals surface area contributed by atoms with Crippen molar-refractivity contribution < 1.29 is 0 Å². The number of nitrogens with two attached hydrogens (primary N) is 1. The molecular weight excluding hydrogens is 256 g/mol. The van der Waals surface area contributed by atoms with Gasteiger partial charge in [0.2, 0.25) is 11.9 Å². The van der Waals surface area contributed by atoms with Crippen molar-refractivity contribution in [1.82, 2.24) is 24.7 Å². The van der Waals surface area contributed by atoms with Gasteiger partial charge in [0.1, 0.15) is 0 Å². The lowest BCUT2D eigenvalue weighted by atomic mass is 9.92. The molecule has 8 heteroatoms. The smallest absolute Gasteiger partial charge is 0.257 e. The van der Waals surface area contributed by atoms with Crippen molar-refractivity contribution in [2.45, 2.75) is 27.2 Å². The fourth-order valence-electron chi connectivity index (χ4n) is 1.55. The molecule has 0 saturated carbocycles. The summed E-state index contributed by atoms with van der Waals surface area (Å²) in [6.07, 6.45) is 4.42. The van der Waals surface area contributed by atoms with Crippen LogP contribution in [0, 0.1) is 5.41 Å². The van der Waals surface area contributed by atoms with E-state index in [4.69, 9.17) is 5.84 Å². The minimum atomic E-state index is 0.250. The maximum Gasteiger partial charge on any atom is 0.257 e. The van der Waals surface area contributed by atoms with Gasteiger partial charge in [-0.15, -0.1) is 0 Å². The van der Waals surface area contributed by atoms with E-state index in [1.54, 1.807) is 23.1 Å². The van der Waals surface area contributed by atoms with Crippen LogP contribution in [-0.4, -0.2) is 31.3 Å². The Hall–Kier alpha value is -2.22. The third-order valence-corrected chi connectivity index (χ3v) is 2.62. The first-order valence-electron chi connectivity index (χ1n) is 6.44. The van der Waals surface area contributed by atoms with Crippen LogP contribution in [0.15, 0.2) is 18.5 Å². The molecule has 0 aromatic carbocycles. The molecule has 0 amide bonds. The highest BCUT2D eigenvalue weighted by Gasteiger charge is 2.11. The summed E-state index contributed by atoms with van der Waals surface area (Å²) in [7, 11) is 0. The van der Waals surface area contributed by atoms with Gasteiger partial charge in [-0.05, 0) is 17.9 Å². The molecule has 0 radical (unpaired) electrons. The summed E-state index contributed by atoms with van der Waals surface area (Å²) in [5.74, 6) is 6.56. The first-order valence-corrected chi connectivity index (χ1v) is 6.44. The molecule has 4 N–H and O–H groups in total. The Morgan fingerprint density at radius 2 is 1.95 bits per heavy atom. The number of nitrogen functional groups attached to an aromatic ring is 1. The van der Waals surface area contributed by atoms with Crippen LogP contribution in [0.1, 0.15) is 27.2 Å². The second-order valence-electron chi connectivity index (χ2n) is 5.62. The van der Waals surface area contributed by atoms with Crippen molar-refractivity contribution in [2.75, 3.05) is 17.3 Å². The molecule has 0 aliphatic heterocycles. The van der Waals surface area contributed by atoms with Crippen LogP contribution in [0.25, 0.3) is 5.95 Å². The van der Waals surface area contributed by atoms with Crippen molar-refractivity contribution in [3.63, 3.8) is 0 Å². The number of hydrogen-bond donors (Lipinski definition) is 3. The normalized spacial score (nSPS) is 11.4. The number of nitrogens with one attached hydrogen (secondary N) is 2. The molecule has 0 aliphatic rings. The van der Waals surface area contributed by atoms with Gasteiger partial charge in [-0.3, -0.25) is 5.43 Å². The Balaban J connectivity index is 2.14. The Labute approximate surface area is 117 Å². The van der Waals surface area contributed by atoms with Gasteiger partial charge in [0.25, 0.3) is 5.95 Å². The highest BCUT2D eigenvalue weighted by Crippen LogP contribution is 2.18. The van der Waals surface area contributed by atoms with Crippen LogP contribution in [0.2, 0.25) is 0 Å². The number of rotatable bonds is 5. The van der Waals surface area contributed by atoms with Crippen molar-refractivity contribution in [3.8, 4) is 5.95 Å². The Bertz CT molecular complexity index is 543. The molecule has 0 unspecified atom stereocenters. The van der Waals surface area contributed by atoms with Crippen molar-refractivity contribution >= 4 is 11.9 Å². The summed E-state index contributed by atoms with van der Waals surface area (Å²) in [6, 6.07) is 1.80. The van der Waals surface area contributed by atoms with Crippen LogP contribution in [-0.2, 0) is 0 Å². The first-order chi connectivity index (χ1) is 9.48. The van der Waals surface area contributed by atoms with Crippen molar-refractivity contribution in [3.05, 3.63) is 18.5 Å². The van der Waals surface area contributed by atoms with E-state index >= 15 is 0 Å². The maximum absolute atomic E-state index is 5.38. The largest absolute Gasteiger partial charge is 0.354 e. The Morgan fingerprint density at radius 3 is 2.55 bits per heavy atom. The minimum Gasteiger partial charge on any atom is -0.354 e. The minimum absolute atomic E-state index is 0.250. The van der Waals surface area contributed by atoms with E-state index in [0.29, 0.717) is 17.8 Å².